The molecule has 2 aliphatic heterocycles. The Morgan fingerprint density at radius 2 is 1.16 bits per heavy atom. The van der Waals surface area contributed by atoms with Crippen LogP contribution in [0.5, 0.6) is 0 Å². The fraction of sp³-hybridized carbons (Fsp3) is 0.427. The third-order valence-corrected chi connectivity index (χ3v) is 17.3. The molecule has 12 nitrogen and oxygen atoms in total. The Kier molecular flexibility index (Phi) is 31.0. The lowest BCUT2D eigenvalue weighted by Crippen LogP contribution is -2.26. The summed E-state index contributed by atoms with van der Waals surface area (Å²) >= 11 is 3.10. The Hall–Kier alpha value is -7.35. The van der Waals surface area contributed by atoms with Crippen molar-refractivity contribution in [2.45, 2.75) is 144 Å². The van der Waals surface area contributed by atoms with E-state index >= 15 is 0 Å². The molecule has 12 rings (SSSR count). The molecule has 6 aromatic rings. The van der Waals surface area contributed by atoms with Crippen LogP contribution in [0.15, 0.2) is 157 Å². The summed E-state index contributed by atoms with van der Waals surface area (Å²) in [5.41, 5.74) is 15.4. The van der Waals surface area contributed by atoms with Gasteiger partial charge in [0.2, 0.25) is 0 Å². The molecule has 2 saturated heterocycles. The number of hydrogen-bond donors (Lipinski definition) is 4. The van der Waals surface area contributed by atoms with Gasteiger partial charge in [-0.05, 0) is 168 Å². The number of alkyl halides is 1. The van der Waals surface area contributed by atoms with Crippen LogP contribution in [-0.2, 0) is 22.4 Å². The second-order valence-corrected chi connectivity index (χ2v) is 24.6. The highest BCUT2D eigenvalue weighted by Gasteiger charge is 2.31. The molecule has 0 amide bonds. The number of aromatic nitrogens is 1. The van der Waals surface area contributed by atoms with Gasteiger partial charge in [0.25, 0.3) is 0 Å². The predicted octanol–water partition coefficient (Wildman–Crippen LogP) is 16.8. The maximum absolute atomic E-state index is 12.0. The van der Waals surface area contributed by atoms with Crippen LogP contribution < -0.4 is 11.1 Å². The highest BCUT2D eigenvalue weighted by molar-refractivity contribution is 9.09. The number of aromatic carboxylic acids is 2. The molecule has 6 aliphatic rings. The molecule has 4 unspecified atom stereocenters. The van der Waals surface area contributed by atoms with Crippen LogP contribution >= 0.6 is 15.9 Å². The minimum atomic E-state index is -0.952. The van der Waals surface area contributed by atoms with Gasteiger partial charge in [-0.3, -0.25) is 19.2 Å². The Morgan fingerprint density at radius 1 is 0.614 bits per heavy atom. The molecule has 0 bridgehead atoms. The van der Waals surface area contributed by atoms with Gasteiger partial charge in [-0.1, -0.05) is 153 Å². The summed E-state index contributed by atoms with van der Waals surface area (Å²) in [4.78, 5) is 69.6. The number of rotatable bonds is 10. The van der Waals surface area contributed by atoms with Gasteiger partial charge in [-0.25, -0.2) is 9.59 Å². The lowest BCUT2D eigenvalue weighted by Gasteiger charge is -2.26. The Morgan fingerprint density at radius 3 is 1.68 bits per heavy atom. The lowest BCUT2D eigenvalue weighted by molar-refractivity contribution is -0.125. The molecular formula is C75H96BrN4O8+. The number of nitrogens with zero attached hydrogens (tertiary/aromatic N) is 2. The normalized spacial score (nSPS) is 19.2. The number of carbonyl (C=O) groups excluding carboxylic acids is 4. The van der Waals surface area contributed by atoms with E-state index in [4.69, 9.17) is 10.8 Å². The maximum atomic E-state index is 12.0. The molecule has 5 N–H and O–H groups in total. The van der Waals surface area contributed by atoms with Gasteiger partial charge >= 0.3 is 11.9 Å². The van der Waals surface area contributed by atoms with Gasteiger partial charge < -0.3 is 30.7 Å². The molecule has 0 radical (unpaired) electrons. The maximum Gasteiger partial charge on any atom is 0.335 e. The number of allylic oxidation sites excluding steroid dienone is 2. The summed E-state index contributed by atoms with van der Waals surface area (Å²) in [5.74, 6) is 1.67. The number of fused-ring (bicyclic) bond motifs is 1. The Labute approximate surface area is 532 Å². The smallest absolute Gasteiger partial charge is 0.335 e. The molecule has 4 fully saturated rings. The number of halogens is 1. The molecule has 0 spiro atoms. The van der Waals surface area contributed by atoms with Gasteiger partial charge in [0.1, 0.15) is 11.6 Å². The van der Waals surface area contributed by atoms with E-state index in [0.29, 0.717) is 52.6 Å². The van der Waals surface area contributed by atoms with Crippen molar-refractivity contribution >= 4 is 56.7 Å². The van der Waals surface area contributed by atoms with E-state index in [1.54, 1.807) is 42.1 Å². The number of carboxylic acids is 2. The third-order valence-electron chi connectivity index (χ3n) is 16.8. The zero-order valence-electron chi connectivity index (χ0n) is 51.5. The number of anilines is 1. The van der Waals surface area contributed by atoms with Crippen molar-refractivity contribution in [3.63, 3.8) is 0 Å². The fourth-order valence-corrected chi connectivity index (χ4v) is 11.8. The summed E-state index contributed by atoms with van der Waals surface area (Å²) < 4.78 is 2.25. The standard InChI is InChI=1S/C22H21NO2.C15H17O2.C11H19N.C8H7BrO.C7H7NO2.C7H12O.C4H9N.CH4/c1-15-10-11-20-18(12-15)14-21(16-6-3-2-4-7-16)23(20)19-9-5-8-17(13-19)22(24)25;1-11-7-8-14(16)13(9-11)10-15(17)12-5-3-2-4-6-12;1-10-4-6-11(7-5-10)12-8-2-3-9-12;9-6-8(10)7-4-2-1-3-5-7;8-6-3-1-2-5(4-6)7(9)10;1-6-2-4-7(8)5-3-6;1-2-4-5-3-1;/h2-9,13-15H,10-12H2,1H3,(H,24,25);2-6,11,13H,1,7-10H2;6,10H,2-5,7-9H2,1H3;1-5H,6H2;1-4H,8H2,(H,9,10);6H,2-5H2,1H3;5H,1-4H2;1H4/q;+1;;;;;;. The quantitative estimate of drug-likeness (QED) is 0.0442. The van der Waals surface area contributed by atoms with Gasteiger partial charge in [0.05, 0.1) is 35.0 Å². The number of nitrogen functional groups attached to an aromatic ring is 1. The first-order valence-corrected chi connectivity index (χ1v) is 32.6. The van der Waals surface area contributed by atoms with Crippen molar-refractivity contribution in [1.82, 2.24) is 14.8 Å². The third kappa shape index (κ3) is 24.0. The number of benzene rings is 5. The number of nitrogens with two attached hydrogens (primary N) is 1. The van der Waals surface area contributed by atoms with Crippen LogP contribution in [0.4, 0.5) is 5.69 Å². The van der Waals surface area contributed by atoms with E-state index in [1.165, 1.54) is 101 Å². The Bertz CT molecular complexity index is 3130. The average molecular weight is 1260 g/mol. The fourth-order valence-electron chi connectivity index (χ4n) is 11.5. The SMILES string of the molecule is C.C1CCNC1.CC1CC=C(N2CCCC2)CC1.CC1CCC(=O)CC1.CC1CCc2c(cc(-c3ccccc3)n2-c2cccc(C(=O)O)c2)C1.Nc1cccc(C(=O)O)c1.O=C(CBr)c1ccccc1.[CH2+]C1CCC(=O)C(CC(=O)c2ccccc2)C1. The van der Waals surface area contributed by atoms with E-state index in [1.807, 2.05) is 78.9 Å². The molecule has 5 aromatic carbocycles. The molecular weight excluding hydrogens is 1160 g/mol. The zero-order chi connectivity index (χ0) is 62.5. The molecule has 1 aromatic heterocycles. The van der Waals surface area contributed by atoms with E-state index in [-0.39, 0.29) is 36.3 Å². The number of Topliss-reactive ketones (excluding diaryl/α,β-unsaturated/α-hetero) is 4. The summed E-state index contributed by atoms with van der Waals surface area (Å²) in [5, 5.41) is 21.4. The van der Waals surface area contributed by atoms with Crippen LogP contribution in [0.2, 0.25) is 0 Å². The molecule has 3 heterocycles. The number of hydrogen-bond acceptors (Lipinski definition) is 9. The number of carbonyl (C=O) groups is 6. The van der Waals surface area contributed by atoms with Crippen molar-refractivity contribution in [1.29, 1.82) is 0 Å². The summed E-state index contributed by atoms with van der Waals surface area (Å²) in [7, 11) is 0. The monoisotopic (exact) mass is 1260 g/mol. The average Bonchev–Trinajstić information content (AvgIpc) is 1.94. The molecule has 4 aliphatic carbocycles. The van der Waals surface area contributed by atoms with Crippen LogP contribution in [0.3, 0.4) is 0 Å². The molecule has 88 heavy (non-hydrogen) atoms. The first kappa shape index (κ1) is 71.4. The van der Waals surface area contributed by atoms with Crippen LogP contribution in [0.1, 0.15) is 184 Å². The van der Waals surface area contributed by atoms with Crippen molar-refractivity contribution in [3.05, 3.63) is 198 Å². The number of likely N-dealkylation sites (tertiary alicyclic amines) is 1. The number of nitrogens with one attached hydrogen (secondary N) is 1. The van der Waals surface area contributed by atoms with Gasteiger partial charge in [-0.2, -0.15) is 0 Å². The van der Waals surface area contributed by atoms with Crippen LogP contribution in [0, 0.1) is 36.5 Å². The van der Waals surface area contributed by atoms with Gasteiger partial charge in [0.15, 0.2) is 11.6 Å². The minimum Gasteiger partial charge on any atom is -0.478 e. The van der Waals surface area contributed by atoms with Gasteiger partial charge in [0, 0.05) is 85.0 Å². The number of ketones is 4. The summed E-state index contributed by atoms with van der Waals surface area (Å²) in [6, 6.07) is 44.4. The number of carboxylic acid groups (broad SMARTS) is 2. The van der Waals surface area contributed by atoms with E-state index in [0.717, 1.165) is 85.7 Å². The van der Waals surface area contributed by atoms with E-state index in [2.05, 4.69) is 82.7 Å². The second kappa shape index (κ2) is 38.1. The molecule has 13 heteroatoms. The highest BCUT2D eigenvalue weighted by Crippen LogP contribution is 2.36. The molecule has 4 atom stereocenters. The second-order valence-electron chi connectivity index (χ2n) is 24.0. The van der Waals surface area contributed by atoms with Crippen molar-refractivity contribution in [2.75, 3.05) is 37.2 Å². The van der Waals surface area contributed by atoms with Crippen LogP contribution in [0.25, 0.3) is 16.9 Å². The van der Waals surface area contributed by atoms with Crippen molar-refractivity contribution in [2.24, 2.45) is 29.6 Å². The largest absolute Gasteiger partial charge is 0.478 e. The highest BCUT2D eigenvalue weighted by atomic mass is 79.9. The topological polar surface area (TPSA) is 189 Å². The lowest BCUT2D eigenvalue weighted by atomic mass is 9.78. The van der Waals surface area contributed by atoms with Gasteiger partial charge in [-0.15, -0.1) is 0 Å². The first-order valence-electron chi connectivity index (χ1n) is 31.5. The Balaban J connectivity index is 0.000000197. The van der Waals surface area contributed by atoms with E-state index < -0.39 is 11.9 Å². The first-order chi connectivity index (χ1) is 42.0. The predicted molar refractivity (Wildman–Crippen MR) is 362 cm³/mol. The van der Waals surface area contributed by atoms with Crippen LogP contribution in [-0.4, -0.2) is 86.3 Å². The zero-order valence-corrected chi connectivity index (χ0v) is 53.1. The summed E-state index contributed by atoms with van der Waals surface area (Å²) in [6.07, 6.45) is 21.9. The molecule has 2 saturated carbocycles. The minimum absolute atomic E-state index is 0. The van der Waals surface area contributed by atoms with Crippen molar-refractivity contribution in [3.8, 4) is 16.9 Å². The summed E-state index contributed by atoms with van der Waals surface area (Å²) in [6.45, 7) is 16.0. The molecule has 470 valence electrons. The van der Waals surface area contributed by atoms with Crippen molar-refractivity contribution < 1.29 is 39.0 Å². The van der Waals surface area contributed by atoms with E-state index in [9.17, 15) is 33.9 Å².